The fraction of sp³-hybridized carbons (Fsp3) is 0.342. The van der Waals surface area contributed by atoms with E-state index in [-0.39, 0.29) is 29.1 Å². The Kier molecular flexibility index (Phi) is 9.08. The zero-order valence-corrected chi connectivity index (χ0v) is 27.2. The fourth-order valence-corrected chi connectivity index (χ4v) is 6.49. The third kappa shape index (κ3) is 6.92. The van der Waals surface area contributed by atoms with Gasteiger partial charge >= 0.3 is 6.03 Å². The first-order valence-corrected chi connectivity index (χ1v) is 16.3. The van der Waals surface area contributed by atoms with Crippen LogP contribution in [0.5, 0.6) is 0 Å². The van der Waals surface area contributed by atoms with Crippen molar-refractivity contribution in [3.05, 3.63) is 107 Å². The van der Waals surface area contributed by atoms with E-state index >= 15 is 0 Å². The largest absolute Gasteiger partial charge is 0.361 e. The number of fused-ring (bicyclic) bond motifs is 1. The number of ketones is 1. The molecule has 0 saturated carbocycles. The van der Waals surface area contributed by atoms with Crippen LogP contribution in [0.25, 0.3) is 16.6 Å². The molecular formula is C38H44N6O2. The number of piperidine rings is 1. The number of carbonyl (C=O) groups is 2. The predicted octanol–water partition coefficient (Wildman–Crippen LogP) is 7.89. The summed E-state index contributed by atoms with van der Waals surface area (Å²) in [4.78, 5) is 31.1. The molecule has 3 heterocycles. The SMILES string of the molecule is Cc1ccc(-n2nc(C(C)(C)C)cc2NC(=O)Nc2ccccc2C(C(=O)CCc2c[nH]c3ccccc23)C2CCNCC2)cc1. The number of hydrogen-bond donors (Lipinski definition) is 4. The number of para-hydroxylation sites is 2. The maximum absolute atomic E-state index is 14.2. The second-order valence-corrected chi connectivity index (χ2v) is 13.5. The lowest BCUT2D eigenvalue weighted by Gasteiger charge is -2.31. The molecule has 1 atom stereocenters. The molecule has 4 N–H and O–H groups in total. The third-order valence-corrected chi connectivity index (χ3v) is 9.06. The van der Waals surface area contributed by atoms with Crippen molar-refractivity contribution in [3.8, 4) is 5.69 Å². The summed E-state index contributed by atoms with van der Waals surface area (Å²) >= 11 is 0. The standard InChI is InChI=1S/C38H44N6O2/c1-25-13-16-28(17-14-25)44-35(23-34(43-44)38(2,3)4)42-37(46)41-32-12-8-6-10-30(32)36(26-19-21-39-22-20-26)33(45)18-15-27-24-40-31-11-7-5-9-29(27)31/h5-14,16-17,23-24,26,36,39-40H,15,18-22H2,1-4H3,(H2,41,42,46). The first-order valence-electron chi connectivity index (χ1n) is 16.3. The van der Waals surface area contributed by atoms with Crippen molar-refractivity contribution in [2.45, 2.75) is 64.7 Å². The quantitative estimate of drug-likeness (QED) is 0.135. The maximum atomic E-state index is 14.2. The molecule has 238 valence electrons. The van der Waals surface area contributed by atoms with Gasteiger partial charge < -0.3 is 15.6 Å². The molecule has 2 aromatic heterocycles. The number of amides is 2. The fourth-order valence-electron chi connectivity index (χ4n) is 6.49. The van der Waals surface area contributed by atoms with Crippen LogP contribution in [-0.2, 0) is 16.6 Å². The van der Waals surface area contributed by atoms with Crippen LogP contribution in [0, 0.1) is 12.8 Å². The smallest absolute Gasteiger partial charge is 0.324 e. The number of nitrogens with zero attached hydrogens (tertiary/aromatic N) is 2. The summed E-state index contributed by atoms with van der Waals surface area (Å²) in [6, 6.07) is 25.6. The number of benzene rings is 3. The van der Waals surface area contributed by atoms with Crippen LogP contribution in [0.4, 0.5) is 16.3 Å². The Morgan fingerprint density at radius 2 is 1.67 bits per heavy atom. The molecule has 1 fully saturated rings. The Bertz CT molecular complexity index is 1820. The number of aryl methyl sites for hydroxylation is 2. The molecule has 1 aliphatic heterocycles. The van der Waals surface area contributed by atoms with E-state index in [4.69, 9.17) is 5.10 Å². The van der Waals surface area contributed by atoms with Gasteiger partial charge in [0.05, 0.1) is 11.4 Å². The van der Waals surface area contributed by atoms with Gasteiger partial charge in [0.15, 0.2) is 0 Å². The number of rotatable bonds is 9. The van der Waals surface area contributed by atoms with Gasteiger partial charge in [-0.3, -0.25) is 10.1 Å². The van der Waals surface area contributed by atoms with Gasteiger partial charge in [-0.15, -0.1) is 0 Å². The van der Waals surface area contributed by atoms with Crippen molar-refractivity contribution in [1.29, 1.82) is 0 Å². The molecule has 1 saturated heterocycles. The number of hydrogen-bond acceptors (Lipinski definition) is 4. The zero-order chi connectivity index (χ0) is 32.3. The Labute approximate surface area is 271 Å². The number of Topliss-reactive ketones (excluding diaryl/α,β-unsaturated/α-hetero) is 1. The van der Waals surface area contributed by atoms with E-state index in [1.54, 1.807) is 4.68 Å². The summed E-state index contributed by atoms with van der Waals surface area (Å²) in [5, 5.41) is 15.6. The van der Waals surface area contributed by atoms with E-state index in [9.17, 15) is 9.59 Å². The highest BCUT2D eigenvalue weighted by Crippen LogP contribution is 2.37. The van der Waals surface area contributed by atoms with Crippen molar-refractivity contribution in [1.82, 2.24) is 20.1 Å². The second kappa shape index (κ2) is 13.3. The molecule has 0 bridgehead atoms. The molecule has 46 heavy (non-hydrogen) atoms. The Morgan fingerprint density at radius 1 is 0.957 bits per heavy atom. The van der Waals surface area contributed by atoms with Gasteiger partial charge in [0, 0.05) is 46.6 Å². The highest BCUT2D eigenvalue weighted by molar-refractivity contribution is 6.01. The summed E-state index contributed by atoms with van der Waals surface area (Å²) in [5.41, 5.74) is 6.44. The van der Waals surface area contributed by atoms with Gasteiger partial charge in [-0.25, -0.2) is 9.48 Å². The Balaban J connectivity index is 1.25. The molecule has 8 nitrogen and oxygen atoms in total. The highest BCUT2D eigenvalue weighted by Gasteiger charge is 2.32. The van der Waals surface area contributed by atoms with Crippen LogP contribution >= 0.6 is 0 Å². The van der Waals surface area contributed by atoms with Crippen molar-refractivity contribution in [2.75, 3.05) is 23.7 Å². The van der Waals surface area contributed by atoms with E-state index in [1.807, 2.05) is 79.9 Å². The van der Waals surface area contributed by atoms with Crippen LogP contribution < -0.4 is 16.0 Å². The van der Waals surface area contributed by atoms with Crippen LogP contribution in [0.2, 0.25) is 0 Å². The van der Waals surface area contributed by atoms with Crippen LogP contribution in [-0.4, -0.2) is 39.7 Å². The van der Waals surface area contributed by atoms with Crippen molar-refractivity contribution in [3.63, 3.8) is 0 Å². The van der Waals surface area contributed by atoms with Gasteiger partial charge in [-0.2, -0.15) is 5.10 Å². The van der Waals surface area contributed by atoms with Gasteiger partial charge in [0.25, 0.3) is 0 Å². The topological polar surface area (TPSA) is 104 Å². The van der Waals surface area contributed by atoms with Crippen LogP contribution in [0.3, 0.4) is 0 Å². The van der Waals surface area contributed by atoms with E-state index in [0.29, 0.717) is 24.3 Å². The molecule has 6 rings (SSSR count). The minimum Gasteiger partial charge on any atom is -0.361 e. The number of urea groups is 1. The van der Waals surface area contributed by atoms with E-state index in [2.05, 4.69) is 53.8 Å². The Morgan fingerprint density at radius 3 is 2.43 bits per heavy atom. The highest BCUT2D eigenvalue weighted by atomic mass is 16.2. The van der Waals surface area contributed by atoms with Crippen molar-refractivity contribution in [2.24, 2.45) is 5.92 Å². The molecule has 8 heteroatoms. The summed E-state index contributed by atoms with van der Waals surface area (Å²) in [6.07, 6.45) is 4.94. The van der Waals surface area contributed by atoms with E-state index < -0.39 is 0 Å². The second-order valence-electron chi connectivity index (χ2n) is 13.5. The van der Waals surface area contributed by atoms with E-state index in [0.717, 1.165) is 64.9 Å². The molecule has 2 amide bonds. The van der Waals surface area contributed by atoms with Crippen molar-refractivity contribution < 1.29 is 9.59 Å². The number of anilines is 2. The van der Waals surface area contributed by atoms with Gasteiger partial charge in [0.1, 0.15) is 11.6 Å². The minimum atomic E-state index is -0.378. The predicted molar refractivity (Wildman–Crippen MR) is 186 cm³/mol. The van der Waals surface area contributed by atoms with Gasteiger partial charge in [-0.1, -0.05) is 74.9 Å². The van der Waals surface area contributed by atoms with Crippen LogP contribution in [0.1, 0.15) is 68.3 Å². The molecule has 0 aliphatic carbocycles. The average Bonchev–Trinajstić information content (AvgIpc) is 3.66. The first-order chi connectivity index (χ1) is 22.2. The minimum absolute atomic E-state index is 0.194. The Hall–Kier alpha value is -4.69. The first kappa shape index (κ1) is 31.3. The summed E-state index contributed by atoms with van der Waals surface area (Å²) in [7, 11) is 0. The number of carbonyl (C=O) groups excluding carboxylic acids is 2. The zero-order valence-electron chi connectivity index (χ0n) is 27.2. The number of aromatic nitrogens is 3. The van der Waals surface area contributed by atoms with Crippen LogP contribution in [0.15, 0.2) is 85.1 Å². The number of H-pyrrole nitrogens is 1. The lowest BCUT2D eigenvalue weighted by molar-refractivity contribution is -0.121. The normalized spacial score (nSPS) is 14.7. The summed E-state index contributed by atoms with van der Waals surface area (Å²) < 4.78 is 1.78. The third-order valence-electron chi connectivity index (χ3n) is 9.06. The molecule has 5 aromatic rings. The average molecular weight is 617 g/mol. The van der Waals surface area contributed by atoms with E-state index in [1.165, 1.54) is 0 Å². The molecule has 0 radical (unpaired) electrons. The number of nitrogens with one attached hydrogen (secondary N) is 4. The van der Waals surface area contributed by atoms with Gasteiger partial charge in [-0.05, 0) is 80.6 Å². The monoisotopic (exact) mass is 616 g/mol. The summed E-state index contributed by atoms with van der Waals surface area (Å²) in [5.74, 6) is 0.669. The lowest BCUT2D eigenvalue weighted by Crippen LogP contribution is -2.34. The molecule has 1 aliphatic rings. The lowest BCUT2D eigenvalue weighted by atomic mass is 9.76. The maximum Gasteiger partial charge on any atom is 0.324 e. The molecule has 0 spiro atoms. The molecular weight excluding hydrogens is 572 g/mol. The molecule has 1 unspecified atom stereocenters. The van der Waals surface area contributed by atoms with Crippen molar-refractivity contribution >= 4 is 34.2 Å². The number of aromatic amines is 1. The summed E-state index contributed by atoms with van der Waals surface area (Å²) in [6.45, 7) is 10.1. The molecule has 3 aromatic carbocycles. The van der Waals surface area contributed by atoms with Gasteiger partial charge in [0.2, 0.25) is 0 Å².